The first-order chi connectivity index (χ1) is 23.9. The van der Waals surface area contributed by atoms with Gasteiger partial charge in [-0.1, -0.05) is 25.1 Å². The van der Waals surface area contributed by atoms with E-state index in [0.29, 0.717) is 18.0 Å². The maximum absolute atomic E-state index is 13.3. The van der Waals surface area contributed by atoms with Gasteiger partial charge in [-0.25, -0.2) is 0 Å². The number of β-lactam (4-membered cyclic amide) rings is 1. The number of rotatable bonds is 9. The minimum atomic E-state index is -1.50. The van der Waals surface area contributed by atoms with Crippen molar-refractivity contribution in [3.63, 3.8) is 0 Å². The molecule has 1 unspecified atom stereocenters. The zero-order chi connectivity index (χ0) is 36.1. The van der Waals surface area contributed by atoms with Gasteiger partial charge in [0.05, 0.1) is 40.4 Å². The van der Waals surface area contributed by atoms with Crippen LogP contribution in [0.25, 0.3) is 11.0 Å². The summed E-state index contributed by atoms with van der Waals surface area (Å²) in [4.78, 5) is 73.5. The summed E-state index contributed by atoms with van der Waals surface area (Å²) in [6.45, 7) is 1.43. The number of carbonyl (C=O) groups excluding carboxylic acids is 5. The topological polar surface area (TPSA) is 251 Å². The summed E-state index contributed by atoms with van der Waals surface area (Å²) < 4.78 is 10.5. The van der Waals surface area contributed by atoms with Crippen molar-refractivity contribution in [2.45, 2.75) is 18.3 Å². The number of allylic oxidation sites excluding steroid dienone is 1. The Balaban J connectivity index is 0.000000348. The van der Waals surface area contributed by atoms with Crippen molar-refractivity contribution < 1.29 is 83.1 Å². The summed E-state index contributed by atoms with van der Waals surface area (Å²) in [5.74, 6) is -5.16. The van der Waals surface area contributed by atoms with Crippen molar-refractivity contribution in [2.24, 2.45) is 5.92 Å². The minimum absolute atomic E-state index is 0. The van der Waals surface area contributed by atoms with Crippen LogP contribution in [0.4, 0.5) is 0 Å². The molecule has 1 aromatic heterocycles. The number of nitrogens with one attached hydrogen (secondary N) is 3. The summed E-state index contributed by atoms with van der Waals surface area (Å²) in [6, 6.07) is 6.44. The van der Waals surface area contributed by atoms with Crippen LogP contribution in [-0.4, -0.2) is 69.1 Å². The smallest absolute Gasteiger partial charge is 0.546 e. The third-order valence-electron chi connectivity index (χ3n) is 7.56. The van der Waals surface area contributed by atoms with E-state index in [9.17, 15) is 49.2 Å². The number of phenolic OH excluding ortho intramolecular Hbond substituents is 2. The second-order valence-electron chi connectivity index (χ2n) is 10.8. The molecule has 51 heavy (non-hydrogen) atoms. The van der Waals surface area contributed by atoms with Crippen LogP contribution in [0.1, 0.15) is 28.9 Å². The summed E-state index contributed by atoms with van der Waals surface area (Å²) >= 11 is 1.58. The van der Waals surface area contributed by atoms with Gasteiger partial charge < -0.3 is 49.8 Å². The second kappa shape index (κ2) is 16.6. The molecule has 3 aromatic rings. The molecule has 1 fully saturated rings. The van der Waals surface area contributed by atoms with E-state index in [1.165, 1.54) is 35.4 Å². The largest absolute Gasteiger partial charge is 1.00 e. The van der Waals surface area contributed by atoms with E-state index in [2.05, 4.69) is 22.0 Å². The number of amides is 3. The number of fused-ring (bicyclic) bond motifs is 2. The number of hydrogen-bond donors (Lipinski definition) is 5. The molecule has 6 rings (SSSR count). The van der Waals surface area contributed by atoms with Crippen molar-refractivity contribution in [1.29, 1.82) is 0 Å². The van der Waals surface area contributed by atoms with Gasteiger partial charge in [0.15, 0.2) is 11.5 Å². The molecule has 2 aromatic carbocycles. The average Bonchev–Trinajstić information content (AvgIpc) is 3.10. The standard InChI is InChI=1S/C25H19N3O9.C8H9NO3S.Na/c29-17-9-15-20(10-18(17)30)36-11-16(23(15)33)24(34)28-22(25(35)27-13-5-7-26-8-6-13)14-3-1-2-4-19(14)37-12-21(31)32;1-4-6(10)9-5(8(11)12)2-3-13-7(4)9;/h1-5,8-11,22,26H,7,12H2,(H4-,27,28,29,30,31,32,33,34,35);2,4,7H,3H2,1H3,(H,11,12);/q;;+1/p-1/t;4-,7+;/m.1./s1. The van der Waals surface area contributed by atoms with E-state index in [0.717, 1.165) is 18.4 Å². The third-order valence-corrected chi connectivity index (χ3v) is 8.88. The number of hydrogen-bond acceptors (Lipinski definition) is 14. The summed E-state index contributed by atoms with van der Waals surface area (Å²) in [5, 5.41) is 48.7. The Morgan fingerprint density at radius 1 is 1.14 bits per heavy atom. The van der Waals surface area contributed by atoms with Gasteiger partial charge in [0.2, 0.25) is 11.3 Å². The molecule has 0 spiro atoms. The first-order valence-corrected chi connectivity index (χ1v) is 15.8. The van der Waals surface area contributed by atoms with Crippen LogP contribution >= 0.6 is 11.8 Å². The first kappa shape index (κ1) is 38.5. The monoisotopic (exact) mass is 726 g/mol. The minimum Gasteiger partial charge on any atom is -0.546 e. The molecule has 18 heteroatoms. The number of para-hydroxylation sites is 1. The molecule has 3 aliphatic heterocycles. The molecule has 3 aliphatic rings. The fourth-order valence-electron chi connectivity index (χ4n) is 5.08. The van der Waals surface area contributed by atoms with Crippen molar-refractivity contribution in [3.05, 3.63) is 99.8 Å². The van der Waals surface area contributed by atoms with Gasteiger partial charge in [-0.15, -0.1) is 11.8 Å². The van der Waals surface area contributed by atoms with Gasteiger partial charge >= 0.3 is 29.6 Å². The number of carbonyl (C=O) groups is 5. The normalized spacial score (nSPS) is 17.6. The molecule has 0 bridgehead atoms. The van der Waals surface area contributed by atoms with Gasteiger partial charge in [-0.3, -0.25) is 29.4 Å². The summed E-state index contributed by atoms with van der Waals surface area (Å²) in [6.07, 6.45) is 8.30. The van der Waals surface area contributed by atoms with Crippen LogP contribution in [0.2, 0.25) is 0 Å². The average molecular weight is 727 g/mol. The van der Waals surface area contributed by atoms with Crippen LogP contribution < -0.4 is 65.9 Å². The van der Waals surface area contributed by atoms with Crippen molar-refractivity contribution in [3.8, 4) is 17.2 Å². The number of ether oxygens (including phenoxy) is 1. The number of aliphatic carboxylic acids is 2. The van der Waals surface area contributed by atoms with Crippen LogP contribution in [0.15, 0.2) is 81.6 Å². The van der Waals surface area contributed by atoms with Gasteiger partial charge in [0, 0.05) is 17.4 Å². The number of phenols is 2. The number of carboxylic acids is 2. The van der Waals surface area contributed by atoms with E-state index in [1.54, 1.807) is 23.9 Å². The fourth-order valence-corrected chi connectivity index (χ4v) is 6.30. The van der Waals surface area contributed by atoms with Crippen LogP contribution in [0, 0.1) is 12.0 Å². The van der Waals surface area contributed by atoms with Crippen molar-refractivity contribution in [1.82, 2.24) is 20.9 Å². The predicted molar refractivity (Wildman–Crippen MR) is 170 cm³/mol. The fraction of sp³-hybridized carbons (Fsp3) is 0.212. The molecule has 4 heterocycles. The van der Waals surface area contributed by atoms with Gasteiger partial charge in [0.25, 0.3) is 17.5 Å². The van der Waals surface area contributed by atoms with Crippen molar-refractivity contribution >= 4 is 52.4 Å². The van der Waals surface area contributed by atoms with E-state index in [-0.39, 0.29) is 74.7 Å². The molecule has 0 aliphatic carbocycles. The Labute approximate surface area is 315 Å². The van der Waals surface area contributed by atoms with Crippen LogP contribution in [0.5, 0.6) is 17.2 Å². The summed E-state index contributed by atoms with van der Waals surface area (Å²) in [7, 11) is 0. The quantitative estimate of drug-likeness (QED) is 0.0609. The molecule has 5 N–H and O–H groups in total. The molecular formula is C33H27N4NaO12S. The number of carboxylic acid groups (broad SMARTS) is 2. The Kier molecular flexibility index (Phi) is 12.5. The predicted octanol–water partition coefficient (Wildman–Crippen LogP) is -4.10. The van der Waals surface area contributed by atoms with E-state index in [4.69, 9.17) is 9.15 Å². The van der Waals surface area contributed by atoms with E-state index >= 15 is 0 Å². The third kappa shape index (κ3) is 8.53. The molecule has 1 saturated heterocycles. The zero-order valence-electron chi connectivity index (χ0n) is 27.0. The Hall–Kier alpha value is -5.32. The van der Waals surface area contributed by atoms with Gasteiger partial charge in [0.1, 0.15) is 54.6 Å². The van der Waals surface area contributed by atoms with Gasteiger partial charge in [-0.05, 0) is 18.2 Å². The number of dihydropyridines is 1. The number of aromatic hydroxyl groups is 2. The number of benzene rings is 2. The van der Waals surface area contributed by atoms with E-state index in [1.807, 2.05) is 6.92 Å². The number of thioether (sulfide) groups is 1. The summed E-state index contributed by atoms with van der Waals surface area (Å²) in [5.41, 5.74) is -0.945. The molecule has 0 radical (unpaired) electrons. The molecule has 16 nitrogen and oxygen atoms in total. The molecule has 258 valence electrons. The maximum Gasteiger partial charge on any atom is 1.00 e. The molecule has 3 amide bonds. The van der Waals surface area contributed by atoms with Crippen LogP contribution in [0.3, 0.4) is 0 Å². The zero-order valence-corrected chi connectivity index (χ0v) is 29.8. The Morgan fingerprint density at radius 2 is 1.86 bits per heavy atom. The van der Waals surface area contributed by atoms with Gasteiger partial charge in [-0.2, -0.15) is 0 Å². The SMILES string of the molecule is C[C@@H]1C(=O)N2C(C(=O)[O-])=CCS[C@@H]12.O=C([O-])COc1ccccc1C(NC(=O)c1coc2cc(O)c(O)cc2c1=O)C(=O)NC1=CCNC=[C+]1.[Na+]. The Morgan fingerprint density at radius 3 is 2.55 bits per heavy atom. The molecule has 3 atom stereocenters. The second-order valence-corrected chi connectivity index (χ2v) is 12.0. The molecular weight excluding hydrogens is 699 g/mol. The molecule has 0 saturated carbocycles. The first-order valence-electron chi connectivity index (χ1n) is 14.8. The maximum atomic E-state index is 13.3. The Bertz CT molecular complexity index is 2050. The van der Waals surface area contributed by atoms with E-state index < -0.39 is 58.9 Å². The number of nitrogens with zero attached hydrogens (tertiary/aromatic N) is 1. The van der Waals surface area contributed by atoms with Crippen molar-refractivity contribution in [2.75, 3.05) is 18.9 Å². The van der Waals surface area contributed by atoms with Crippen LogP contribution in [-0.2, 0) is 19.2 Å².